The molecule has 1 aliphatic carbocycles. The van der Waals surface area contributed by atoms with Gasteiger partial charge >= 0.3 is 11.9 Å². The molecule has 0 amide bonds. The van der Waals surface area contributed by atoms with Crippen LogP contribution in [-0.4, -0.2) is 42.0 Å². The van der Waals surface area contributed by atoms with Crippen LogP contribution < -0.4 is 0 Å². The number of rotatable bonds is 8. The molecule has 1 aromatic rings. The quantitative estimate of drug-likeness (QED) is 0.182. The maximum atomic E-state index is 13.1. The second-order valence-corrected chi connectivity index (χ2v) is 10.7. The maximum absolute atomic E-state index is 13.1. The molecule has 2 aliphatic rings. The first-order valence-electron chi connectivity index (χ1n) is 13.1. The molecule has 0 spiro atoms. The number of hydrogen-bond donors (Lipinski definition) is 1. The highest BCUT2D eigenvalue weighted by Crippen LogP contribution is 2.40. The molecule has 1 aliphatic heterocycles. The molecule has 1 unspecified atom stereocenters. The maximum Gasteiger partial charge on any atom is 0.339 e. The number of terminal acetylenes is 1. The third-order valence-electron chi connectivity index (χ3n) is 6.85. The molecule has 3 rings (SSSR count). The van der Waals surface area contributed by atoms with E-state index in [-0.39, 0.29) is 30.7 Å². The Morgan fingerprint density at radius 2 is 2.03 bits per heavy atom. The van der Waals surface area contributed by atoms with Gasteiger partial charge in [-0.15, -0.1) is 12.3 Å². The first kappa shape index (κ1) is 29.2. The molecule has 0 bridgehead atoms. The summed E-state index contributed by atoms with van der Waals surface area (Å²) in [6.45, 7) is 2.17. The van der Waals surface area contributed by atoms with E-state index in [0.29, 0.717) is 31.2 Å². The number of carbonyl (C=O) groups is 2. The first-order chi connectivity index (χ1) is 17.9. The fraction of sp³-hybridized carbons (Fsp3) is 0.533. The lowest BCUT2D eigenvalue weighted by atomic mass is 9.90. The van der Waals surface area contributed by atoms with E-state index in [2.05, 4.69) is 34.0 Å². The van der Waals surface area contributed by atoms with Crippen LogP contribution >= 0.6 is 15.9 Å². The van der Waals surface area contributed by atoms with Crippen molar-refractivity contribution in [2.45, 2.75) is 82.7 Å². The molecule has 6 atom stereocenters. The van der Waals surface area contributed by atoms with Crippen LogP contribution in [0.15, 0.2) is 53.0 Å². The standard InChI is InChI=1S/C30H37BrO6/c1-3-4-5-9-18-35-30(34)29(22-12-14-24(31)15-13-22)37-25-19-23-11-8-6-7-10-21(2)36-28(33)17-16-27(32)26(23)20-25/h1,8,11-17,21,23,25-27,29,32H,4-7,9-10,18-20H2,2H3/b11-8+,17-16+/t21-,23+,25-,26+,27+,29?/m0/s1. The number of fused-ring (bicyclic) bond motifs is 1. The predicted octanol–water partition coefficient (Wildman–Crippen LogP) is 5.84. The Balaban J connectivity index is 1.73. The summed E-state index contributed by atoms with van der Waals surface area (Å²) >= 11 is 3.44. The molecule has 7 heteroatoms. The predicted molar refractivity (Wildman–Crippen MR) is 145 cm³/mol. The number of aliphatic hydroxyl groups is 1. The minimum absolute atomic E-state index is 0.0594. The van der Waals surface area contributed by atoms with Crippen LogP contribution in [0, 0.1) is 24.2 Å². The van der Waals surface area contributed by atoms with Crippen LogP contribution in [0.5, 0.6) is 0 Å². The highest BCUT2D eigenvalue weighted by atomic mass is 79.9. The van der Waals surface area contributed by atoms with Gasteiger partial charge in [0.15, 0.2) is 6.10 Å². The van der Waals surface area contributed by atoms with Gasteiger partial charge in [0.05, 0.1) is 24.9 Å². The second-order valence-electron chi connectivity index (χ2n) is 9.77. The van der Waals surface area contributed by atoms with Crippen molar-refractivity contribution in [1.82, 2.24) is 0 Å². The van der Waals surface area contributed by atoms with Crippen molar-refractivity contribution in [3.63, 3.8) is 0 Å². The summed E-state index contributed by atoms with van der Waals surface area (Å²) in [6.07, 6.45) is 16.2. The van der Waals surface area contributed by atoms with Crippen molar-refractivity contribution in [2.24, 2.45) is 11.8 Å². The zero-order valence-electron chi connectivity index (χ0n) is 21.4. The molecule has 6 nitrogen and oxygen atoms in total. The molecule has 1 heterocycles. The molecular weight excluding hydrogens is 536 g/mol. The van der Waals surface area contributed by atoms with Gasteiger partial charge in [-0.05, 0) is 87.5 Å². The van der Waals surface area contributed by atoms with Crippen LogP contribution in [0.3, 0.4) is 0 Å². The lowest BCUT2D eigenvalue weighted by molar-refractivity contribution is -0.162. The van der Waals surface area contributed by atoms with Gasteiger partial charge in [0, 0.05) is 17.0 Å². The molecule has 1 saturated carbocycles. The van der Waals surface area contributed by atoms with Crippen molar-refractivity contribution >= 4 is 27.9 Å². The fourth-order valence-electron chi connectivity index (χ4n) is 4.87. The van der Waals surface area contributed by atoms with E-state index in [4.69, 9.17) is 20.6 Å². The van der Waals surface area contributed by atoms with Gasteiger partial charge in [-0.25, -0.2) is 9.59 Å². The molecule has 0 saturated heterocycles. The molecule has 200 valence electrons. The fourth-order valence-corrected chi connectivity index (χ4v) is 5.13. The van der Waals surface area contributed by atoms with Gasteiger partial charge in [0.1, 0.15) is 0 Å². The molecule has 1 N–H and O–H groups in total. The van der Waals surface area contributed by atoms with E-state index in [9.17, 15) is 14.7 Å². The van der Waals surface area contributed by atoms with Crippen molar-refractivity contribution in [1.29, 1.82) is 0 Å². The van der Waals surface area contributed by atoms with E-state index in [0.717, 1.165) is 30.2 Å². The summed E-state index contributed by atoms with van der Waals surface area (Å²) in [4.78, 5) is 25.2. The zero-order chi connectivity index (χ0) is 26.6. The van der Waals surface area contributed by atoms with Gasteiger partial charge in [0.2, 0.25) is 0 Å². The third-order valence-corrected chi connectivity index (χ3v) is 7.37. The van der Waals surface area contributed by atoms with Crippen LogP contribution in [0.25, 0.3) is 0 Å². The number of benzene rings is 1. The normalized spacial score (nSPS) is 28.8. The molecule has 37 heavy (non-hydrogen) atoms. The number of aliphatic hydroxyl groups excluding tert-OH is 1. The van der Waals surface area contributed by atoms with Gasteiger partial charge in [-0.3, -0.25) is 0 Å². The molecule has 0 radical (unpaired) electrons. The van der Waals surface area contributed by atoms with E-state index < -0.39 is 24.1 Å². The van der Waals surface area contributed by atoms with Crippen molar-refractivity contribution in [2.75, 3.05) is 6.61 Å². The number of unbranched alkanes of at least 4 members (excludes halogenated alkanes) is 2. The van der Waals surface area contributed by atoms with E-state index in [1.54, 1.807) is 0 Å². The lowest BCUT2D eigenvalue weighted by Gasteiger charge is -2.22. The van der Waals surface area contributed by atoms with Gasteiger partial charge < -0.3 is 19.3 Å². The van der Waals surface area contributed by atoms with E-state index in [1.807, 2.05) is 31.2 Å². The van der Waals surface area contributed by atoms with E-state index >= 15 is 0 Å². The van der Waals surface area contributed by atoms with Crippen molar-refractivity contribution in [3.05, 3.63) is 58.6 Å². The number of ether oxygens (including phenoxy) is 3. The summed E-state index contributed by atoms with van der Waals surface area (Å²) in [6, 6.07) is 7.43. The highest BCUT2D eigenvalue weighted by Gasteiger charge is 2.39. The summed E-state index contributed by atoms with van der Waals surface area (Å²) in [5.41, 5.74) is 0.715. The number of hydrogen-bond acceptors (Lipinski definition) is 6. The molecule has 1 aromatic carbocycles. The van der Waals surface area contributed by atoms with Crippen LogP contribution in [0.4, 0.5) is 0 Å². The summed E-state index contributed by atoms with van der Waals surface area (Å²) < 4.78 is 18.2. The van der Waals surface area contributed by atoms with Gasteiger partial charge in [0.25, 0.3) is 0 Å². The smallest absolute Gasteiger partial charge is 0.339 e. The number of cyclic esters (lactones) is 1. The summed E-state index contributed by atoms with van der Waals surface area (Å²) in [7, 11) is 0. The number of esters is 2. The Labute approximate surface area is 228 Å². The van der Waals surface area contributed by atoms with Crippen LogP contribution in [-0.2, 0) is 23.8 Å². The Morgan fingerprint density at radius 3 is 2.78 bits per heavy atom. The molecule has 0 aromatic heterocycles. The summed E-state index contributed by atoms with van der Waals surface area (Å²) in [5.74, 6) is 1.63. The Morgan fingerprint density at radius 1 is 1.24 bits per heavy atom. The van der Waals surface area contributed by atoms with Crippen LogP contribution in [0.2, 0.25) is 0 Å². The minimum atomic E-state index is -0.871. The lowest BCUT2D eigenvalue weighted by Crippen LogP contribution is -2.25. The van der Waals surface area contributed by atoms with Crippen molar-refractivity contribution in [3.8, 4) is 12.3 Å². The average Bonchev–Trinajstić information content (AvgIpc) is 3.28. The number of allylic oxidation sites excluding steroid dienone is 2. The highest BCUT2D eigenvalue weighted by molar-refractivity contribution is 9.10. The van der Waals surface area contributed by atoms with Gasteiger partial charge in [-0.2, -0.15) is 0 Å². The minimum Gasteiger partial charge on any atom is -0.464 e. The Hall–Kier alpha value is -2.40. The average molecular weight is 574 g/mol. The largest absolute Gasteiger partial charge is 0.464 e. The monoisotopic (exact) mass is 572 g/mol. The Bertz CT molecular complexity index is 979. The summed E-state index contributed by atoms with van der Waals surface area (Å²) in [5, 5.41) is 10.9. The second kappa shape index (κ2) is 15.1. The van der Waals surface area contributed by atoms with Crippen molar-refractivity contribution < 1.29 is 28.9 Å². The van der Waals surface area contributed by atoms with Crippen LogP contribution in [0.1, 0.15) is 70.0 Å². The third kappa shape index (κ3) is 9.45. The topological polar surface area (TPSA) is 82.1 Å². The first-order valence-corrected chi connectivity index (χ1v) is 13.9. The van der Waals surface area contributed by atoms with Gasteiger partial charge in [-0.1, -0.05) is 40.2 Å². The SMILES string of the molecule is C#CCCCCOC(=O)C(O[C@@H]1C[C@H]2[C@H](O)/C=C/C(=O)O[C@@H](C)CCC/C=C/[C@@H]2C1)c1ccc(Br)cc1. The Kier molecular flexibility index (Phi) is 11.9. The number of halogens is 1. The molecule has 1 fully saturated rings. The molecular formula is C30H37BrO6. The number of carbonyl (C=O) groups excluding carboxylic acids is 2. The zero-order valence-corrected chi connectivity index (χ0v) is 23.0. The van der Waals surface area contributed by atoms with E-state index in [1.165, 1.54) is 12.2 Å².